The third-order valence-corrected chi connectivity index (χ3v) is 6.06. The molecule has 1 saturated heterocycles. The van der Waals surface area contributed by atoms with Gasteiger partial charge in [-0.05, 0) is 29.5 Å². The van der Waals surface area contributed by atoms with E-state index in [1.165, 1.54) is 0 Å². The maximum Gasteiger partial charge on any atom is 0.237 e. The number of hydrogen-bond donors (Lipinski definition) is 0. The molecule has 0 spiro atoms. The van der Waals surface area contributed by atoms with Crippen molar-refractivity contribution in [2.45, 2.75) is 42.7 Å². The normalized spacial score (nSPS) is 21.7. The van der Waals surface area contributed by atoms with Gasteiger partial charge < -0.3 is 4.90 Å². The number of amides is 1. The number of halogens is 1. The van der Waals surface area contributed by atoms with Crippen LogP contribution >= 0.6 is 15.9 Å². The molecule has 2 aromatic carbocycles. The van der Waals surface area contributed by atoms with Crippen LogP contribution in [0.2, 0.25) is 0 Å². The van der Waals surface area contributed by atoms with Crippen molar-refractivity contribution in [3.63, 3.8) is 0 Å². The van der Waals surface area contributed by atoms with Crippen molar-refractivity contribution in [3.8, 4) is 0 Å². The van der Waals surface area contributed by atoms with E-state index >= 15 is 0 Å². The molecule has 26 heavy (non-hydrogen) atoms. The van der Waals surface area contributed by atoms with Crippen LogP contribution in [0, 0.1) is 0 Å². The summed E-state index contributed by atoms with van der Waals surface area (Å²) in [6.45, 7) is 1.75. The average molecular weight is 413 g/mol. The van der Waals surface area contributed by atoms with Crippen LogP contribution < -0.4 is 0 Å². The third-order valence-electron chi connectivity index (χ3n) is 4.90. The van der Waals surface area contributed by atoms with E-state index in [-0.39, 0.29) is 18.0 Å². The maximum absolute atomic E-state index is 13.3. The standard InChI is InChI=1S/C20H21BrN4O/c1-14(23-24-22)19(21)20(26)25-17(15-8-4-2-5-9-15)12-13-18(25)16-10-6-3-7-11-16/h2-11,14,17-19H,12-13H2,1H3/t14-,17+,18+,19-/m1/s1. The van der Waals surface area contributed by atoms with Crippen LogP contribution in [0.15, 0.2) is 65.8 Å². The summed E-state index contributed by atoms with van der Waals surface area (Å²) < 4.78 is 0. The lowest BCUT2D eigenvalue weighted by Crippen LogP contribution is -2.41. The van der Waals surface area contributed by atoms with Crippen LogP contribution in [0.5, 0.6) is 0 Å². The Bertz CT molecular complexity index is 744. The lowest BCUT2D eigenvalue weighted by molar-refractivity contribution is -0.134. The highest BCUT2D eigenvalue weighted by Gasteiger charge is 2.41. The van der Waals surface area contributed by atoms with Gasteiger partial charge in [0.2, 0.25) is 5.91 Å². The molecule has 1 aliphatic rings. The predicted octanol–water partition coefficient (Wildman–Crippen LogP) is 5.55. The molecule has 0 saturated carbocycles. The van der Waals surface area contributed by atoms with Gasteiger partial charge in [-0.25, -0.2) is 0 Å². The molecule has 0 bridgehead atoms. The number of hydrogen-bond acceptors (Lipinski definition) is 2. The lowest BCUT2D eigenvalue weighted by atomic mass is 10.0. The summed E-state index contributed by atoms with van der Waals surface area (Å²) in [6.07, 6.45) is 1.82. The van der Waals surface area contributed by atoms with Crippen molar-refractivity contribution in [2.75, 3.05) is 0 Å². The molecule has 1 fully saturated rings. The van der Waals surface area contributed by atoms with Gasteiger partial charge in [-0.2, -0.15) is 0 Å². The van der Waals surface area contributed by atoms with E-state index in [9.17, 15) is 4.79 Å². The molecule has 5 nitrogen and oxygen atoms in total. The fourth-order valence-corrected chi connectivity index (χ4v) is 3.95. The number of carbonyl (C=O) groups excluding carboxylic acids is 1. The summed E-state index contributed by atoms with van der Waals surface area (Å²) in [5.74, 6) is -0.0369. The topological polar surface area (TPSA) is 69.1 Å². The second kappa shape index (κ2) is 8.39. The summed E-state index contributed by atoms with van der Waals surface area (Å²) in [5.41, 5.74) is 11.0. The van der Waals surface area contributed by atoms with Gasteiger partial charge in [0.1, 0.15) is 4.83 Å². The molecule has 3 rings (SSSR count). The van der Waals surface area contributed by atoms with Gasteiger partial charge in [-0.3, -0.25) is 4.79 Å². The zero-order chi connectivity index (χ0) is 18.5. The molecule has 6 heteroatoms. The maximum atomic E-state index is 13.3. The van der Waals surface area contributed by atoms with E-state index in [1.807, 2.05) is 41.3 Å². The quantitative estimate of drug-likeness (QED) is 0.274. The molecule has 1 aliphatic heterocycles. The number of carbonyl (C=O) groups is 1. The zero-order valence-electron chi connectivity index (χ0n) is 14.6. The van der Waals surface area contributed by atoms with Gasteiger partial charge in [0.15, 0.2) is 0 Å². The van der Waals surface area contributed by atoms with Crippen molar-refractivity contribution in [1.82, 2.24) is 4.90 Å². The number of nitrogens with zero attached hydrogens (tertiary/aromatic N) is 4. The van der Waals surface area contributed by atoms with Gasteiger partial charge in [-0.1, -0.05) is 88.6 Å². The van der Waals surface area contributed by atoms with E-state index in [0.717, 1.165) is 24.0 Å². The SMILES string of the molecule is C[C@@H](N=[N+]=[N-])[C@@H](Br)C(=O)N1[C@H](c2ccccc2)CC[C@H]1c1ccccc1. The average Bonchev–Trinajstić information content (AvgIpc) is 3.13. The first kappa shape index (κ1) is 18.5. The third kappa shape index (κ3) is 3.76. The van der Waals surface area contributed by atoms with Crippen LogP contribution in [0.4, 0.5) is 0 Å². The van der Waals surface area contributed by atoms with Gasteiger partial charge in [0.05, 0.1) is 18.1 Å². The van der Waals surface area contributed by atoms with Gasteiger partial charge in [-0.15, -0.1) is 0 Å². The Balaban J connectivity index is 1.97. The van der Waals surface area contributed by atoms with Crippen molar-refractivity contribution in [2.24, 2.45) is 5.11 Å². The highest BCUT2D eigenvalue weighted by atomic mass is 79.9. The van der Waals surface area contributed by atoms with E-state index in [2.05, 4.69) is 50.2 Å². The molecule has 134 valence electrons. The van der Waals surface area contributed by atoms with E-state index < -0.39 is 10.9 Å². The lowest BCUT2D eigenvalue weighted by Gasteiger charge is -2.33. The van der Waals surface area contributed by atoms with Gasteiger partial charge >= 0.3 is 0 Å². The Morgan fingerprint density at radius 1 is 1.08 bits per heavy atom. The molecule has 0 aromatic heterocycles. The van der Waals surface area contributed by atoms with E-state index in [1.54, 1.807) is 6.92 Å². The van der Waals surface area contributed by atoms with Crippen molar-refractivity contribution in [1.29, 1.82) is 0 Å². The molecule has 1 heterocycles. The fourth-order valence-electron chi connectivity index (χ4n) is 3.61. The Kier molecular flexibility index (Phi) is 5.96. The first-order chi connectivity index (χ1) is 12.6. The number of alkyl halides is 1. The second-order valence-electron chi connectivity index (χ2n) is 6.52. The molecular formula is C20H21BrN4O. The molecule has 1 amide bonds. The first-order valence-corrected chi connectivity index (χ1v) is 9.65. The highest BCUT2D eigenvalue weighted by Crippen LogP contribution is 2.44. The van der Waals surface area contributed by atoms with Crippen LogP contribution in [0.3, 0.4) is 0 Å². The van der Waals surface area contributed by atoms with E-state index in [4.69, 9.17) is 5.53 Å². The van der Waals surface area contributed by atoms with Gasteiger partial charge in [0, 0.05) is 4.91 Å². The number of likely N-dealkylation sites (tertiary alicyclic amines) is 1. The van der Waals surface area contributed by atoms with Crippen LogP contribution in [-0.4, -0.2) is 21.7 Å². The molecular weight excluding hydrogens is 392 g/mol. The summed E-state index contributed by atoms with van der Waals surface area (Å²) in [6, 6.07) is 19.8. The number of rotatable bonds is 5. The Morgan fingerprint density at radius 2 is 1.54 bits per heavy atom. The molecule has 2 aromatic rings. The van der Waals surface area contributed by atoms with Gasteiger partial charge in [0.25, 0.3) is 0 Å². The van der Waals surface area contributed by atoms with Crippen LogP contribution in [0.1, 0.15) is 43.0 Å². The first-order valence-electron chi connectivity index (χ1n) is 8.74. The molecule has 0 unspecified atom stereocenters. The monoisotopic (exact) mass is 412 g/mol. The number of benzene rings is 2. The minimum atomic E-state index is -0.547. The Morgan fingerprint density at radius 3 is 1.96 bits per heavy atom. The molecule has 0 radical (unpaired) electrons. The molecule has 0 aliphatic carbocycles. The summed E-state index contributed by atoms with van der Waals surface area (Å²) in [5, 5.41) is 3.70. The molecule has 0 N–H and O–H groups in total. The summed E-state index contributed by atoms with van der Waals surface area (Å²) in [7, 11) is 0. The Labute approximate surface area is 161 Å². The van der Waals surface area contributed by atoms with Crippen LogP contribution in [-0.2, 0) is 4.79 Å². The summed E-state index contributed by atoms with van der Waals surface area (Å²) >= 11 is 3.46. The Hall–Kier alpha value is -2.30. The minimum absolute atomic E-state index is 0.0206. The second-order valence-corrected chi connectivity index (χ2v) is 7.51. The van der Waals surface area contributed by atoms with Crippen LogP contribution in [0.25, 0.3) is 10.4 Å². The highest BCUT2D eigenvalue weighted by molar-refractivity contribution is 9.10. The smallest absolute Gasteiger partial charge is 0.237 e. The summed E-state index contributed by atoms with van der Waals surface area (Å²) in [4.78, 5) is 17.6. The zero-order valence-corrected chi connectivity index (χ0v) is 16.2. The minimum Gasteiger partial charge on any atom is -0.328 e. The number of azide groups is 1. The van der Waals surface area contributed by atoms with Crippen molar-refractivity contribution < 1.29 is 4.79 Å². The van der Waals surface area contributed by atoms with E-state index in [0.29, 0.717) is 0 Å². The molecule has 4 atom stereocenters. The van der Waals surface area contributed by atoms with Crippen molar-refractivity contribution >= 4 is 21.8 Å². The van der Waals surface area contributed by atoms with Crippen molar-refractivity contribution in [3.05, 3.63) is 82.2 Å². The predicted molar refractivity (Wildman–Crippen MR) is 106 cm³/mol. The largest absolute Gasteiger partial charge is 0.328 e. The fraction of sp³-hybridized carbons (Fsp3) is 0.350.